The van der Waals surface area contributed by atoms with Gasteiger partial charge in [-0.3, -0.25) is 0 Å². The molecule has 1 saturated heterocycles. The van der Waals surface area contributed by atoms with E-state index in [4.69, 9.17) is 0 Å². The molecule has 2 aliphatic rings. The summed E-state index contributed by atoms with van der Waals surface area (Å²) in [6.07, 6.45) is 5.51. The molecule has 0 spiro atoms. The first-order chi connectivity index (χ1) is 6.59. The highest BCUT2D eigenvalue weighted by Crippen LogP contribution is 2.32. The Hall–Kier alpha value is -0.0800. The molecule has 0 aromatic rings. The second-order valence-electron chi connectivity index (χ2n) is 5.75. The van der Waals surface area contributed by atoms with Crippen molar-refractivity contribution >= 4 is 0 Å². The lowest BCUT2D eigenvalue weighted by molar-refractivity contribution is 0.247. The van der Waals surface area contributed by atoms with Crippen LogP contribution in [0.2, 0.25) is 0 Å². The minimum atomic E-state index is 0.518. The van der Waals surface area contributed by atoms with Crippen LogP contribution in [0.25, 0.3) is 0 Å². The van der Waals surface area contributed by atoms with Crippen LogP contribution in [-0.2, 0) is 0 Å². The second kappa shape index (κ2) is 3.82. The molecule has 2 fully saturated rings. The molecule has 1 heterocycles. The smallest absolute Gasteiger partial charge is 0.0131 e. The summed E-state index contributed by atoms with van der Waals surface area (Å²) in [6, 6.07) is 1.66. The van der Waals surface area contributed by atoms with Gasteiger partial charge in [0.15, 0.2) is 0 Å². The molecule has 2 nitrogen and oxygen atoms in total. The Morgan fingerprint density at radius 1 is 1.36 bits per heavy atom. The highest BCUT2D eigenvalue weighted by atomic mass is 15.2. The SMILES string of the molecule is CN(CCC1NCCC1(C)C)C1CC1. The quantitative estimate of drug-likeness (QED) is 0.738. The largest absolute Gasteiger partial charge is 0.313 e. The second-order valence-corrected chi connectivity index (χ2v) is 5.75. The highest BCUT2D eigenvalue weighted by Gasteiger charge is 2.34. The molecule has 0 bridgehead atoms. The van der Waals surface area contributed by atoms with E-state index in [2.05, 4.69) is 31.1 Å². The van der Waals surface area contributed by atoms with Crippen molar-refractivity contribution in [1.82, 2.24) is 10.2 Å². The van der Waals surface area contributed by atoms with Crippen LogP contribution >= 0.6 is 0 Å². The van der Waals surface area contributed by atoms with Gasteiger partial charge in [0.1, 0.15) is 0 Å². The normalized spacial score (nSPS) is 31.3. The van der Waals surface area contributed by atoms with Crippen molar-refractivity contribution < 1.29 is 0 Å². The molecule has 1 aliphatic carbocycles. The summed E-state index contributed by atoms with van der Waals surface area (Å²) in [7, 11) is 2.28. The van der Waals surface area contributed by atoms with Gasteiger partial charge in [-0.1, -0.05) is 13.8 Å². The number of hydrogen-bond donors (Lipinski definition) is 1. The lowest BCUT2D eigenvalue weighted by Crippen LogP contribution is -2.36. The molecule has 0 amide bonds. The van der Waals surface area contributed by atoms with Gasteiger partial charge in [-0.25, -0.2) is 0 Å². The Labute approximate surface area is 88.1 Å². The Kier molecular flexibility index (Phi) is 2.85. The first-order valence-electron chi connectivity index (χ1n) is 6.03. The number of nitrogens with one attached hydrogen (secondary N) is 1. The Balaban J connectivity index is 1.74. The molecular formula is C12H24N2. The molecule has 2 heteroatoms. The van der Waals surface area contributed by atoms with E-state index in [-0.39, 0.29) is 0 Å². The third-order valence-electron chi connectivity index (χ3n) is 4.04. The minimum absolute atomic E-state index is 0.518. The van der Waals surface area contributed by atoms with Crippen LogP contribution < -0.4 is 5.32 Å². The maximum atomic E-state index is 3.63. The van der Waals surface area contributed by atoms with E-state index >= 15 is 0 Å². The van der Waals surface area contributed by atoms with Gasteiger partial charge < -0.3 is 10.2 Å². The van der Waals surface area contributed by atoms with Crippen LogP contribution in [0.3, 0.4) is 0 Å². The zero-order valence-electron chi connectivity index (χ0n) is 9.84. The molecular weight excluding hydrogens is 172 g/mol. The summed E-state index contributed by atoms with van der Waals surface area (Å²) >= 11 is 0. The predicted octanol–water partition coefficient (Wildman–Crippen LogP) is 1.86. The Morgan fingerprint density at radius 3 is 2.57 bits per heavy atom. The van der Waals surface area contributed by atoms with Crippen LogP contribution in [0.1, 0.15) is 39.5 Å². The molecule has 1 N–H and O–H groups in total. The number of hydrogen-bond acceptors (Lipinski definition) is 2. The van der Waals surface area contributed by atoms with Crippen molar-refractivity contribution in [2.24, 2.45) is 5.41 Å². The van der Waals surface area contributed by atoms with Gasteiger partial charge in [0.05, 0.1) is 0 Å². The maximum Gasteiger partial charge on any atom is 0.0131 e. The van der Waals surface area contributed by atoms with Crippen molar-refractivity contribution in [2.75, 3.05) is 20.1 Å². The van der Waals surface area contributed by atoms with E-state index in [9.17, 15) is 0 Å². The molecule has 2 rings (SSSR count). The summed E-state index contributed by atoms with van der Waals surface area (Å²) in [5, 5.41) is 3.63. The van der Waals surface area contributed by atoms with Crippen LogP contribution in [0.5, 0.6) is 0 Å². The van der Waals surface area contributed by atoms with Gasteiger partial charge in [-0.15, -0.1) is 0 Å². The first-order valence-corrected chi connectivity index (χ1v) is 6.03. The van der Waals surface area contributed by atoms with E-state index in [1.54, 1.807) is 0 Å². The standard InChI is InChI=1S/C12H24N2/c1-12(2)7-8-13-11(12)6-9-14(3)10-4-5-10/h10-11,13H,4-9H2,1-3H3. The average molecular weight is 196 g/mol. The third kappa shape index (κ3) is 2.29. The molecule has 82 valence electrons. The zero-order chi connectivity index (χ0) is 10.2. The zero-order valence-corrected chi connectivity index (χ0v) is 9.84. The van der Waals surface area contributed by atoms with E-state index in [0.717, 1.165) is 12.1 Å². The van der Waals surface area contributed by atoms with Crippen molar-refractivity contribution in [3.05, 3.63) is 0 Å². The van der Waals surface area contributed by atoms with Gasteiger partial charge >= 0.3 is 0 Å². The van der Waals surface area contributed by atoms with Gasteiger partial charge in [0.2, 0.25) is 0 Å². The molecule has 0 aromatic heterocycles. The lowest BCUT2D eigenvalue weighted by atomic mass is 9.83. The Bertz CT molecular complexity index is 196. The van der Waals surface area contributed by atoms with Crippen LogP contribution in [0.4, 0.5) is 0 Å². The van der Waals surface area contributed by atoms with E-state index < -0.39 is 0 Å². The topological polar surface area (TPSA) is 15.3 Å². The molecule has 14 heavy (non-hydrogen) atoms. The number of rotatable bonds is 4. The fourth-order valence-electron chi connectivity index (χ4n) is 2.54. The van der Waals surface area contributed by atoms with E-state index in [0.29, 0.717) is 5.41 Å². The van der Waals surface area contributed by atoms with Crippen molar-refractivity contribution in [2.45, 2.75) is 51.6 Å². The molecule has 1 unspecified atom stereocenters. The highest BCUT2D eigenvalue weighted by molar-refractivity contribution is 4.92. The maximum absolute atomic E-state index is 3.63. The Morgan fingerprint density at radius 2 is 2.07 bits per heavy atom. The summed E-state index contributed by atoms with van der Waals surface area (Å²) < 4.78 is 0. The molecule has 1 aliphatic heterocycles. The minimum Gasteiger partial charge on any atom is -0.313 e. The summed E-state index contributed by atoms with van der Waals surface area (Å²) in [5.74, 6) is 0. The average Bonchev–Trinajstić information content (AvgIpc) is 2.88. The summed E-state index contributed by atoms with van der Waals surface area (Å²) in [6.45, 7) is 7.28. The fourth-order valence-corrected chi connectivity index (χ4v) is 2.54. The summed E-state index contributed by atoms with van der Waals surface area (Å²) in [4.78, 5) is 2.54. The monoisotopic (exact) mass is 196 g/mol. The van der Waals surface area contributed by atoms with E-state index in [1.807, 2.05) is 0 Å². The van der Waals surface area contributed by atoms with Crippen LogP contribution in [0, 0.1) is 5.41 Å². The number of nitrogens with zero attached hydrogens (tertiary/aromatic N) is 1. The van der Waals surface area contributed by atoms with Crippen molar-refractivity contribution in [3.63, 3.8) is 0 Å². The van der Waals surface area contributed by atoms with Gasteiger partial charge in [-0.05, 0) is 51.2 Å². The molecule has 0 aromatic carbocycles. The molecule has 0 radical (unpaired) electrons. The third-order valence-corrected chi connectivity index (χ3v) is 4.04. The molecule has 1 saturated carbocycles. The van der Waals surface area contributed by atoms with Crippen molar-refractivity contribution in [1.29, 1.82) is 0 Å². The van der Waals surface area contributed by atoms with Crippen LogP contribution in [-0.4, -0.2) is 37.1 Å². The predicted molar refractivity (Wildman–Crippen MR) is 60.5 cm³/mol. The van der Waals surface area contributed by atoms with Gasteiger partial charge in [0, 0.05) is 12.1 Å². The van der Waals surface area contributed by atoms with Crippen molar-refractivity contribution in [3.8, 4) is 0 Å². The lowest BCUT2D eigenvalue weighted by Gasteiger charge is -2.28. The molecule has 1 atom stereocenters. The first kappa shape index (κ1) is 10.4. The van der Waals surface area contributed by atoms with E-state index in [1.165, 1.54) is 38.8 Å². The summed E-state index contributed by atoms with van der Waals surface area (Å²) in [5.41, 5.74) is 0.518. The fraction of sp³-hybridized carbons (Fsp3) is 1.00. The van der Waals surface area contributed by atoms with Gasteiger partial charge in [-0.2, -0.15) is 0 Å². The van der Waals surface area contributed by atoms with Gasteiger partial charge in [0.25, 0.3) is 0 Å². The van der Waals surface area contributed by atoms with Crippen LogP contribution in [0.15, 0.2) is 0 Å².